The van der Waals surface area contributed by atoms with Crippen molar-refractivity contribution in [3.63, 3.8) is 0 Å². The van der Waals surface area contributed by atoms with Crippen molar-refractivity contribution in [1.29, 1.82) is 0 Å². The number of nitrogens with zero attached hydrogens (tertiary/aromatic N) is 2. The fourth-order valence-corrected chi connectivity index (χ4v) is 2.13. The van der Waals surface area contributed by atoms with Gasteiger partial charge in [0.1, 0.15) is 0 Å². The highest BCUT2D eigenvalue weighted by molar-refractivity contribution is 4.71. The molecule has 1 aliphatic heterocycles. The molecule has 0 amide bonds. The minimum absolute atomic E-state index is 0.618. The summed E-state index contributed by atoms with van der Waals surface area (Å²) < 4.78 is 0. The van der Waals surface area contributed by atoms with Crippen LogP contribution in [0.25, 0.3) is 0 Å². The van der Waals surface area contributed by atoms with Gasteiger partial charge < -0.3 is 15.5 Å². The first kappa shape index (κ1) is 14.9. The van der Waals surface area contributed by atoms with Crippen molar-refractivity contribution in [1.82, 2.24) is 20.4 Å². The topological polar surface area (TPSA) is 30.5 Å². The molecule has 0 spiro atoms. The van der Waals surface area contributed by atoms with E-state index < -0.39 is 0 Å². The van der Waals surface area contributed by atoms with Gasteiger partial charge in [-0.3, -0.25) is 4.90 Å². The second-order valence-electron chi connectivity index (χ2n) is 5.18. The van der Waals surface area contributed by atoms with Gasteiger partial charge in [-0.1, -0.05) is 20.8 Å². The van der Waals surface area contributed by atoms with Crippen LogP contribution in [0.4, 0.5) is 0 Å². The molecule has 0 unspecified atom stereocenters. The van der Waals surface area contributed by atoms with Crippen LogP contribution in [0.1, 0.15) is 27.2 Å². The zero-order valence-electron chi connectivity index (χ0n) is 11.8. The molecule has 0 aromatic heterocycles. The maximum atomic E-state index is 3.47. The molecule has 0 aromatic carbocycles. The Kier molecular flexibility index (Phi) is 7.77. The number of hydrogen-bond acceptors (Lipinski definition) is 4. The Balaban J connectivity index is 1.99. The summed E-state index contributed by atoms with van der Waals surface area (Å²) in [6, 6.07) is 0.618. The molecular weight excluding hydrogens is 212 g/mol. The maximum Gasteiger partial charge on any atom is 0.0481 e. The van der Waals surface area contributed by atoms with E-state index in [4.69, 9.17) is 0 Å². The molecule has 0 radical (unpaired) electrons. The van der Waals surface area contributed by atoms with Crippen molar-refractivity contribution < 1.29 is 0 Å². The highest BCUT2D eigenvalue weighted by Gasteiger charge is 2.15. The van der Waals surface area contributed by atoms with Gasteiger partial charge in [0.05, 0.1) is 0 Å². The minimum Gasteiger partial charge on any atom is -0.314 e. The van der Waals surface area contributed by atoms with Gasteiger partial charge in [-0.2, -0.15) is 0 Å². The van der Waals surface area contributed by atoms with Crippen molar-refractivity contribution in [2.45, 2.75) is 33.2 Å². The Morgan fingerprint density at radius 1 is 1.06 bits per heavy atom. The molecule has 17 heavy (non-hydrogen) atoms. The Hall–Kier alpha value is -0.160. The Bertz CT molecular complexity index is 176. The Labute approximate surface area is 107 Å². The van der Waals surface area contributed by atoms with Crippen LogP contribution in [0.15, 0.2) is 0 Å². The lowest BCUT2D eigenvalue weighted by Gasteiger charge is -2.34. The van der Waals surface area contributed by atoms with Crippen molar-refractivity contribution in [2.75, 3.05) is 52.5 Å². The maximum absolute atomic E-state index is 3.47. The average molecular weight is 242 g/mol. The van der Waals surface area contributed by atoms with Crippen molar-refractivity contribution >= 4 is 0 Å². The molecule has 0 atom stereocenters. The van der Waals surface area contributed by atoms with E-state index >= 15 is 0 Å². The molecule has 0 saturated carbocycles. The molecule has 4 nitrogen and oxygen atoms in total. The first-order chi connectivity index (χ1) is 8.22. The molecule has 2 N–H and O–H groups in total. The fraction of sp³-hybridized carbons (Fsp3) is 1.00. The third-order valence-corrected chi connectivity index (χ3v) is 3.25. The summed E-state index contributed by atoms with van der Waals surface area (Å²) in [5.41, 5.74) is 0. The molecule has 0 aromatic rings. The molecule has 102 valence electrons. The summed E-state index contributed by atoms with van der Waals surface area (Å²) in [5, 5.41) is 6.87. The van der Waals surface area contributed by atoms with Gasteiger partial charge in [0.15, 0.2) is 0 Å². The van der Waals surface area contributed by atoms with Crippen LogP contribution < -0.4 is 10.6 Å². The van der Waals surface area contributed by atoms with Crippen molar-refractivity contribution in [3.8, 4) is 0 Å². The molecular formula is C13H30N4. The third kappa shape index (κ3) is 6.99. The quantitative estimate of drug-likeness (QED) is 0.609. The van der Waals surface area contributed by atoms with E-state index in [1.54, 1.807) is 0 Å². The third-order valence-electron chi connectivity index (χ3n) is 3.25. The van der Waals surface area contributed by atoms with Crippen molar-refractivity contribution in [2.24, 2.45) is 0 Å². The van der Waals surface area contributed by atoms with Gasteiger partial charge in [0, 0.05) is 38.9 Å². The fourth-order valence-electron chi connectivity index (χ4n) is 2.13. The Morgan fingerprint density at radius 2 is 1.71 bits per heavy atom. The first-order valence-corrected chi connectivity index (χ1v) is 7.11. The summed E-state index contributed by atoms with van der Waals surface area (Å²) in [7, 11) is 0. The van der Waals surface area contributed by atoms with Crippen LogP contribution in [0.5, 0.6) is 0 Å². The lowest BCUT2D eigenvalue weighted by Crippen LogP contribution is -2.49. The van der Waals surface area contributed by atoms with Gasteiger partial charge in [-0.05, 0) is 26.1 Å². The molecule has 1 rings (SSSR count). The van der Waals surface area contributed by atoms with Crippen LogP contribution in [0.2, 0.25) is 0 Å². The van der Waals surface area contributed by atoms with Crippen LogP contribution in [0.3, 0.4) is 0 Å². The highest BCUT2D eigenvalue weighted by atomic mass is 15.3. The van der Waals surface area contributed by atoms with E-state index in [2.05, 4.69) is 41.2 Å². The molecule has 0 aliphatic carbocycles. The molecule has 1 fully saturated rings. The molecule has 1 heterocycles. The average Bonchev–Trinajstić information content (AvgIpc) is 2.33. The van der Waals surface area contributed by atoms with E-state index in [1.807, 2.05) is 0 Å². The van der Waals surface area contributed by atoms with Gasteiger partial charge in [-0.25, -0.2) is 0 Å². The number of piperazine rings is 1. The second kappa shape index (κ2) is 8.86. The molecule has 1 aliphatic rings. The number of hydrogen-bond donors (Lipinski definition) is 2. The zero-order valence-corrected chi connectivity index (χ0v) is 11.8. The summed E-state index contributed by atoms with van der Waals surface area (Å²) in [5.74, 6) is 0. The highest BCUT2D eigenvalue weighted by Crippen LogP contribution is 2.01. The van der Waals surface area contributed by atoms with Gasteiger partial charge in [-0.15, -0.1) is 0 Å². The summed E-state index contributed by atoms with van der Waals surface area (Å²) in [6.07, 6.45) is 1.27. The lowest BCUT2D eigenvalue weighted by molar-refractivity contribution is 0.124. The molecule has 4 heteroatoms. The minimum atomic E-state index is 0.618. The summed E-state index contributed by atoms with van der Waals surface area (Å²) in [4.78, 5) is 5.09. The van der Waals surface area contributed by atoms with Crippen LogP contribution in [0, 0.1) is 0 Å². The van der Waals surface area contributed by atoms with Crippen molar-refractivity contribution in [3.05, 3.63) is 0 Å². The number of nitrogens with one attached hydrogen (secondary N) is 2. The lowest BCUT2D eigenvalue weighted by atomic mass is 10.3. The van der Waals surface area contributed by atoms with E-state index in [9.17, 15) is 0 Å². The van der Waals surface area contributed by atoms with Gasteiger partial charge in [0.2, 0.25) is 0 Å². The van der Waals surface area contributed by atoms with Gasteiger partial charge in [0.25, 0.3) is 0 Å². The molecule has 1 saturated heterocycles. The predicted octanol–water partition coefficient (Wildman–Crippen LogP) is 0.559. The molecule has 0 bridgehead atoms. The van der Waals surface area contributed by atoms with Crippen LogP contribution >= 0.6 is 0 Å². The van der Waals surface area contributed by atoms with E-state index in [-0.39, 0.29) is 0 Å². The van der Waals surface area contributed by atoms with E-state index in [0.29, 0.717) is 6.04 Å². The Morgan fingerprint density at radius 3 is 2.29 bits per heavy atom. The van der Waals surface area contributed by atoms with E-state index in [1.165, 1.54) is 39.1 Å². The summed E-state index contributed by atoms with van der Waals surface area (Å²) >= 11 is 0. The zero-order chi connectivity index (χ0) is 12.5. The smallest absolute Gasteiger partial charge is 0.0481 e. The normalized spacial score (nSPS) is 19.1. The SMILES string of the molecule is CCNCN1CCN(CCCNC(C)C)CC1. The van der Waals surface area contributed by atoms with Crippen LogP contribution in [-0.4, -0.2) is 68.3 Å². The van der Waals surface area contributed by atoms with Gasteiger partial charge >= 0.3 is 0 Å². The largest absolute Gasteiger partial charge is 0.314 e. The van der Waals surface area contributed by atoms with E-state index in [0.717, 1.165) is 19.8 Å². The summed E-state index contributed by atoms with van der Waals surface area (Å²) in [6.45, 7) is 16.0. The standard InChI is InChI=1S/C13H30N4/c1-4-14-12-17-10-8-16(9-11-17)7-5-6-15-13(2)3/h13-15H,4-12H2,1-3H3. The van der Waals surface area contributed by atoms with Crippen LogP contribution in [-0.2, 0) is 0 Å². The second-order valence-corrected chi connectivity index (χ2v) is 5.18. The number of rotatable bonds is 8. The predicted molar refractivity (Wildman–Crippen MR) is 74.3 cm³/mol. The monoisotopic (exact) mass is 242 g/mol. The first-order valence-electron chi connectivity index (χ1n) is 7.11.